The Balaban J connectivity index is 3.35. The molecule has 0 aliphatic heterocycles. The first kappa shape index (κ1) is 10.4. The molecular formula is C8H6BrF3O. The highest BCUT2D eigenvalue weighted by Crippen LogP contribution is 2.39. The van der Waals surface area contributed by atoms with Crippen LogP contribution >= 0.6 is 15.9 Å². The van der Waals surface area contributed by atoms with Crippen LogP contribution in [0.2, 0.25) is 0 Å². The van der Waals surface area contributed by atoms with Gasteiger partial charge < -0.3 is 5.11 Å². The Labute approximate surface area is 81.3 Å². The quantitative estimate of drug-likeness (QED) is 0.752. The van der Waals surface area contributed by atoms with E-state index in [1.807, 2.05) is 0 Å². The molecule has 1 aromatic carbocycles. The van der Waals surface area contributed by atoms with Gasteiger partial charge in [0.1, 0.15) is 5.75 Å². The molecule has 0 amide bonds. The molecular weight excluding hydrogens is 249 g/mol. The maximum Gasteiger partial charge on any atom is 0.419 e. The molecule has 0 saturated carbocycles. The fraction of sp³-hybridized carbons (Fsp3) is 0.250. The third-order valence-corrected chi connectivity index (χ3v) is 2.53. The fourth-order valence-electron chi connectivity index (χ4n) is 0.904. The predicted molar refractivity (Wildman–Crippen MR) is 45.5 cm³/mol. The smallest absolute Gasteiger partial charge is 0.419 e. The van der Waals surface area contributed by atoms with Crippen molar-refractivity contribution in [3.8, 4) is 5.75 Å². The number of rotatable bonds is 0. The van der Waals surface area contributed by atoms with Crippen LogP contribution in [0, 0.1) is 6.92 Å². The topological polar surface area (TPSA) is 20.2 Å². The van der Waals surface area contributed by atoms with Crippen molar-refractivity contribution in [3.63, 3.8) is 0 Å². The molecule has 0 bridgehead atoms. The third kappa shape index (κ3) is 1.96. The lowest BCUT2D eigenvalue weighted by molar-refractivity contribution is -0.138. The van der Waals surface area contributed by atoms with Gasteiger partial charge in [0.25, 0.3) is 0 Å². The van der Waals surface area contributed by atoms with Crippen LogP contribution in [0.3, 0.4) is 0 Å². The molecule has 0 aliphatic carbocycles. The van der Waals surface area contributed by atoms with E-state index in [1.165, 1.54) is 13.0 Å². The summed E-state index contributed by atoms with van der Waals surface area (Å²) < 4.78 is 37.0. The Bertz CT molecular complexity index is 333. The summed E-state index contributed by atoms with van der Waals surface area (Å²) in [6.45, 7) is 1.41. The summed E-state index contributed by atoms with van der Waals surface area (Å²) in [7, 11) is 0. The Morgan fingerprint density at radius 1 is 1.31 bits per heavy atom. The second-order valence-electron chi connectivity index (χ2n) is 2.57. The van der Waals surface area contributed by atoms with Crippen molar-refractivity contribution in [1.82, 2.24) is 0 Å². The van der Waals surface area contributed by atoms with Gasteiger partial charge in [-0.25, -0.2) is 0 Å². The van der Waals surface area contributed by atoms with E-state index in [0.717, 1.165) is 6.07 Å². The highest BCUT2D eigenvalue weighted by molar-refractivity contribution is 9.10. The largest absolute Gasteiger partial charge is 0.507 e. The number of alkyl halides is 3. The fourth-order valence-corrected chi connectivity index (χ4v) is 1.22. The minimum atomic E-state index is -4.50. The molecule has 0 atom stereocenters. The SMILES string of the molecule is Cc1c(Br)ccc(C(F)(F)F)c1O. The molecule has 0 fully saturated rings. The number of benzene rings is 1. The highest BCUT2D eigenvalue weighted by atomic mass is 79.9. The average Bonchev–Trinajstić information content (AvgIpc) is 1.98. The zero-order valence-electron chi connectivity index (χ0n) is 6.61. The molecule has 0 spiro atoms. The first-order valence-corrected chi connectivity index (χ1v) is 4.18. The maximum absolute atomic E-state index is 12.2. The normalized spacial score (nSPS) is 11.8. The molecule has 0 saturated heterocycles. The van der Waals surface area contributed by atoms with E-state index in [2.05, 4.69) is 15.9 Å². The number of hydrogen-bond acceptors (Lipinski definition) is 1. The van der Waals surface area contributed by atoms with Crippen LogP contribution in [0.5, 0.6) is 5.75 Å². The van der Waals surface area contributed by atoms with Crippen molar-refractivity contribution in [2.75, 3.05) is 0 Å². The van der Waals surface area contributed by atoms with E-state index < -0.39 is 17.5 Å². The van der Waals surface area contributed by atoms with Gasteiger partial charge in [-0.3, -0.25) is 0 Å². The van der Waals surface area contributed by atoms with Gasteiger partial charge in [-0.2, -0.15) is 13.2 Å². The first-order valence-electron chi connectivity index (χ1n) is 3.39. The zero-order valence-corrected chi connectivity index (χ0v) is 8.20. The number of phenolic OH excluding ortho intramolecular Hbond substituents is 1. The lowest BCUT2D eigenvalue weighted by Crippen LogP contribution is -2.05. The lowest BCUT2D eigenvalue weighted by Gasteiger charge is -2.11. The molecule has 0 aliphatic rings. The molecule has 0 unspecified atom stereocenters. The van der Waals surface area contributed by atoms with Crippen LogP contribution in [-0.2, 0) is 6.18 Å². The summed E-state index contributed by atoms with van der Waals surface area (Å²) in [5, 5.41) is 9.16. The summed E-state index contributed by atoms with van der Waals surface area (Å²) in [5.41, 5.74) is -0.817. The molecule has 0 aromatic heterocycles. The molecule has 13 heavy (non-hydrogen) atoms. The summed E-state index contributed by atoms with van der Waals surface area (Å²) in [6, 6.07) is 2.10. The van der Waals surface area contributed by atoms with Gasteiger partial charge in [0.05, 0.1) is 5.56 Å². The van der Waals surface area contributed by atoms with Crippen LogP contribution in [0.25, 0.3) is 0 Å². The molecule has 1 aromatic rings. The second-order valence-corrected chi connectivity index (χ2v) is 3.42. The van der Waals surface area contributed by atoms with Gasteiger partial charge in [-0.1, -0.05) is 15.9 Å². The summed E-state index contributed by atoms with van der Waals surface area (Å²) >= 11 is 3.02. The lowest BCUT2D eigenvalue weighted by atomic mass is 10.1. The maximum atomic E-state index is 12.2. The summed E-state index contributed by atoms with van der Waals surface area (Å²) in [5.74, 6) is -0.720. The van der Waals surface area contributed by atoms with Gasteiger partial charge in [0, 0.05) is 10.0 Å². The van der Waals surface area contributed by atoms with Gasteiger partial charge in [-0.15, -0.1) is 0 Å². The van der Waals surface area contributed by atoms with E-state index in [1.54, 1.807) is 0 Å². The molecule has 0 radical (unpaired) electrons. The molecule has 1 rings (SSSR count). The van der Waals surface area contributed by atoms with Crippen molar-refractivity contribution < 1.29 is 18.3 Å². The van der Waals surface area contributed by atoms with Crippen molar-refractivity contribution in [2.24, 2.45) is 0 Å². The van der Waals surface area contributed by atoms with Crippen LogP contribution in [0.1, 0.15) is 11.1 Å². The van der Waals surface area contributed by atoms with E-state index in [-0.39, 0.29) is 5.56 Å². The van der Waals surface area contributed by atoms with E-state index in [4.69, 9.17) is 5.11 Å². The molecule has 1 nitrogen and oxygen atoms in total. The summed E-state index contributed by atoms with van der Waals surface area (Å²) in [4.78, 5) is 0. The molecule has 0 heterocycles. The molecule has 5 heteroatoms. The number of aromatic hydroxyl groups is 1. The Hall–Kier alpha value is -0.710. The van der Waals surface area contributed by atoms with Crippen molar-refractivity contribution >= 4 is 15.9 Å². The first-order chi connectivity index (χ1) is 5.84. The molecule has 72 valence electrons. The van der Waals surface area contributed by atoms with Crippen molar-refractivity contribution in [1.29, 1.82) is 0 Å². The van der Waals surface area contributed by atoms with Gasteiger partial charge in [0.15, 0.2) is 0 Å². The van der Waals surface area contributed by atoms with E-state index in [9.17, 15) is 13.2 Å². The van der Waals surface area contributed by atoms with E-state index in [0.29, 0.717) is 4.47 Å². The van der Waals surface area contributed by atoms with Gasteiger partial charge in [0.2, 0.25) is 0 Å². The third-order valence-electron chi connectivity index (χ3n) is 1.67. The second kappa shape index (κ2) is 3.21. The van der Waals surface area contributed by atoms with Crippen LogP contribution in [0.15, 0.2) is 16.6 Å². The van der Waals surface area contributed by atoms with Gasteiger partial charge in [-0.05, 0) is 19.1 Å². The minimum absolute atomic E-state index is 0.190. The van der Waals surface area contributed by atoms with Crippen LogP contribution < -0.4 is 0 Å². The Kier molecular flexibility index (Phi) is 2.56. The highest BCUT2D eigenvalue weighted by Gasteiger charge is 2.34. The zero-order chi connectivity index (χ0) is 10.2. The summed E-state index contributed by atoms with van der Waals surface area (Å²) in [6.07, 6.45) is -4.50. The standard InChI is InChI=1S/C8H6BrF3O/c1-4-6(9)3-2-5(7(4)13)8(10,11)12/h2-3,13H,1H3. The average molecular weight is 255 g/mol. The minimum Gasteiger partial charge on any atom is -0.507 e. The van der Waals surface area contributed by atoms with Crippen molar-refractivity contribution in [3.05, 3.63) is 27.7 Å². The monoisotopic (exact) mass is 254 g/mol. The number of phenols is 1. The van der Waals surface area contributed by atoms with Gasteiger partial charge >= 0.3 is 6.18 Å². The Morgan fingerprint density at radius 2 is 1.85 bits per heavy atom. The number of hydrogen-bond donors (Lipinski definition) is 1. The molecule has 1 N–H and O–H groups in total. The van der Waals surface area contributed by atoms with Crippen molar-refractivity contribution in [2.45, 2.75) is 13.1 Å². The van der Waals surface area contributed by atoms with Crippen LogP contribution in [-0.4, -0.2) is 5.11 Å². The van der Waals surface area contributed by atoms with E-state index >= 15 is 0 Å². The van der Waals surface area contributed by atoms with Crippen LogP contribution in [0.4, 0.5) is 13.2 Å². The predicted octanol–water partition coefficient (Wildman–Crippen LogP) is 3.48. The Morgan fingerprint density at radius 3 is 2.31 bits per heavy atom. The number of halogens is 4.